The van der Waals surface area contributed by atoms with Crippen molar-refractivity contribution in [1.82, 2.24) is 0 Å². The second-order valence-corrected chi connectivity index (χ2v) is 7.90. The zero-order valence-electron chi connectivity index (χ0n) is 17.9. The first kappa shape index (κ1) is 21.2. The fourth-order valence-corrected chi connectivity index (χ4v) is 3.78. The largest absolute Gasteiger partial charge is 0.508 e. The summed E-state index contributed by atoms with van der Waals surface area (Å²) in [5.41, 5.74) is 6.45. The van der Waals surface area contributed by atoms with Gasteiger partial charge >= 0.3 is 0 Å². The standard InChI is InChI=1S/C28H25NO3/c1-19-5-2-3-8-27(19)29-28(32)25-7-4-6-22(17-20-9-13-23(30)14-10-20)26(25)18-21-11-15-24(31)16-12-21/h2-16,30-31H,17-18H2,1H3,(H,29,32). The molecule has 32 heavy (non-hydrogen) atoms. The fraction of sp³-hybridized carbons (Fsp3) is 0.107. The summed E-state index contributed by atoms with van der Waals surface area (Å²) in [5.74, 6) is 0.286. The Bertz CT molecular complexity index is 1230. The van der Waals surface area contributed by atoms with Gasteiger partial charge < -0.3 is 15.5 Å². The molecule has 0 saturated carbocycles. The number of aromatic hydroxyl groups is 2. The lowest BCUT2D eigenvalue weighted by Gasteiger charge is -2.16. The molecule has 4 aromatic carbocycles. The van der Waals surface area contributed by atoms with Gasteiger partial charge in [-0.15, -0.1) is 0 Å². The second-order valence-electron chi connectivity index (χ2n) is 7.90. The van der Waals surface area contributed by atoms with Crippen molar-refractivity contribution >= 4 is 11.6 Å². The summed E-state index contributed by atoms with van der Waals surface area (Å²) in [7, 11) is 0. The molecule has 0 bridgehead atoms. The minimum Gasteiger partial charge on any atom is -0.508 e. The van der Waals surface area contributed by atoms with Gasteiger partial charge in [0.25, 0.3) is 5.91 Å². The molecule has 0 saturated heterocycles. The Kier molecular flexibility index (Phi) is 6.22. The van der Waals surface area contributed by atoms with E-state index in [1.165, 1.54) is 0 Å². The zero-order chi connectivity index (χ0) is 22.5. The predicted octanol–water partition coefficient (Wildman–Crippen LogP) is 5.84. The third kappa shape index (κ3) is 4.98. The first-order valence-corrected chi connectivity index (χ1v) is 10.5. The highest BCUT2D eigenvalue weighted by Gasteiger charge is 2.17. The van der Waals surface area contributed by atoms with Crippen molar-refractivity contribution in [3.05, 3.63) is 124 Å². The molecule has 0 aliphatic heterocycles. The Morgan fingerprint density at radius 3 is 1.94 bits per heavy atom. The number of rotatable bonds is 6. The van der Waals surface area contributed by atoms with Crippen LogP contribution >= 0.6 is 0 Å². The molecule has 0 aromatic heterocycles. The number of benzene rings is 4. The van der Waals surface area contributed by atoms with E-state index >= 15 is 0 Å². The van der Waals surface area contributed by atoms with Crippen LogP contribution in [0.2, 0.25) is 0 Å². The van der Waals surface area contributed by atoms with Crippen molar-refractivity contribution < 1.29 is 15.0 Å². The number of carbonyl (C=O) groups is 1. The maximum atomic E-state index is 13.3. The lowest BCUT2D eigenvalue weighted by Crippen LogP contribution is -2.16. The normalized spacial score (nSPS) is 10.7. The Labute approximate surface area is 187 Å². The molecule has 0 aliphatic rings. The molecule has 0 heterocycles. The molecule has 0 unspecified atom stereocenters. The number of amides is 1. The number of carbonyl (C=O) groups excluding carboxylic acids is 1. The van der Waals surface area contributed by atoms with Gasteiger partial charge in [-0.25, -0.2) is 0 Å². The van der Waals surface area contributed by atoms with Gasteiger partial charge in [-0.1, -0.05) is 54.6 Å². The van der Waals surface area contributed by atoms with E-state index in [4.69, 9.17) is 0 Å². The monoisotopic (exact) mass is 423 g/mol. The fourth-order valence-electron chi connectivity index (χ4n) is 3.78. The van der Waals surface area contributed by atoms with Gasteiger partial charge in [0.2, 0.25) is 0 Å². The van der Waals surface area contributed by atoms with Gasteiger partial charge in [-0.05, 0) is 84.0 Å². The van der Waals surface area contributed by atoms with Gasteiger partial charge in [0.1, 0.15) is 11.5 Å². The van der Waals surface area contributed by atoms with Crippen LogP contribution in [0.15, 0.2) is 91.0 Å². The summed E-state index contributed by atoms with van der Waals surface area (Å²) in [5, 5.41) is 22.3. The van der Waals surface area contributed by atoms with Gasteiger partial charge in [0, 0.05) is 11.3 Å². The minimum absolute atomic E-state index is 0.152. The number of phenolic OH excluding ortho intramolecular Hbond substituents is 2. The third-order valence-corrected chi connectivity index (χ3v) is 5.56. The van der Waals surface area contributed by atoms with Crippen LogP contribution in [-0.4, -0.2) is 16.1 Å². The van der Waals surface area contributed by atoms with Gasteiger partial charge in [-0.3, -0.25) is 4.79 Å². The summed E-state index contributed by atoms with van der Waals surface area (Å²) in [6.07, 6.45) is 1.20. The van der Waals surface area contributed by atoms with Crippen LogP contribution in [-0.2, 0) is 12.8 Å². The Hall–Kier alpha value is -4.05. The highest BCUT2D eigenvalue weighted by Crippen LogP contribution is 2.25. The molecule has 4 heteroatoms. The lowest BCUT2D eigenvalue weighted by molar-refractivity contribution is 0.102. The smallest absolute Gasteiger partial charge is 0.255 e. The van der Waals surface area contributed by atoms with Crippen LogP contribution in [0.25, 0.3) is 0 Å². The number of hydrogen-bond acceptors (Lipinski definition) is 3. The average molecular weight is 424 g/mol. The summed E-state index contributed by atoms with van der Waals surface area (Å²) < 4.78 is 0. The maximum Gasteiger partial charge on any atom is 0.255 e. The molecular weight excluding hydrogens is 398 g/mol. The van der Waals surface area contributed by atoms with E-state index in [1.807, 2.05) is 73.7 Å². The first-order valence-electron chi connectivity index (χ1n) is 10.5. The highest BCUT2D eigenvalue weighted by molar-refractivity contribution is 6.06. The Morgan fingerprint density at radius 1 is 0.719 bits per heavy atom. The van der Waals surface area contributed by atoms with E-state index < -0.39 is 0 Å². The summed E-state index contributed by atoms with van der Waals surface area (Å²) in [6, 6.07) is 27.7. The number of hydrogen-bond donors (Lipinski definition) is 3. The minimum atomic E-state index is -0.152. The molecule has 1 amide bonds. The number of phenols is 2. The number of nitrogens with one attached hydrogen (secondary N) is 1. The molecule has 3 N–H and O–H groups in total. The van der Waals surface area contributed by atoms with Crippen molar-refractivity contribution in [3.8, 4) is 11.5 Å². The number of anilines is 1. The van der Waals surface area contributed by atoms with E-state index in [9.17, 15) is 15.0 Å². The highest BCUT2D eigenvalue weighted by atomic mass is 16.3. The molecule has 4 nitrogen and oxygen atoms in total. The van der Waals surface area contributed by atoms with Gasteiger partial charge in [-0.2, -0.15) is 0 Å². The molecule has 4 rings (SSSR count). The molecule has 0 fully saturated rings. The topological polar surface area (TPSA) is 69.6 Å². The van der Waals surface area contributed by atoms with Gasteiger partial charge in [0.05, 0.1) is 0 Å². The third-order valence-electron chi connectivity index (χ3n) is 5.56. The van der Waals surface area contributed by atoms with Crippen molar-refractivity contribution in [1.29, 1.82) is 0 Å². The molecule has 0 radical (unpaired) electrons. The Balaban J connectivity index is 1.72. The zero-order valence-corrected chi connectivity index (χ0v) is 17.9. The van der Waals surface area contributed by atoms with Crippen molar-refractivity contribution in [2.45, 2.75) is 19.8 Å². The van der Waals surface area contributed by atoms with Gasteiger partial charge in [0.15, 0.2) is 0 Å². The Morgan fingerprint density at radius 2 is 1.31 bits per heavy atom. The molecule has 0 aliphatic carbocycles. The van der Waals surface area contributed by atoms with Crippen LogP contribution in [0, 0.1) is 6.92 Å². The summed E-state index contributed by atoms with van der Waals surface area (Å²) in [4.78, 5) is 13.3. The molecular formula is C28H25NO3. The number of para-hydroxylation sites is 1. The maximum absolute atomic E-state index is 13.3. The van der Waals surface area contributed by atoms with Crippen LogP contribution in [0.1, 0.15) is 38.2 Å². The average Bonchev–Trinajstić information content (AvgIpc) is 2.79. The molecule has 0 spiro atoms. The predicted molar refractivity (Wildman–Crippen MR) is 127 cm³/mol. The van der Waals surface area contributed by atoms with Crippen LogP contribution < -0.4 is 5.32 Å². The first-order chi connectivity index (χ1) is 15.5. The lowest BCUT2D eigenvalue weighted by atomic mass is 9.91. The van der Waals surface area contributed by atoms with Crippen molar-refractivity contribution in [2.75, 3.05) is 5.32 Å². The van der Waals surface area contributed by atoms with Crippen molar-refractivity contribution in [2.24, 2.45) is 0 Å². The quantitative estimate of drug-likeness (QED) is 0.365. The molecule has 160 valence electrons. The van der Waals surface area contributed by atoms with E-state index in [0.29, 0.717) is 18.4 Å². The van der Waals surface area contributed by atoms with E-state index in [-0.39, 0.29) is 17.4 Å². The van der Waals surface area contributed by atoms with Crippen LogP contribution in [0.3, 0.4) is 0 Å². The second kappa shape index (κ2) is 9.40. The molecule has 0 atom stereocenters. The van der Waals surface area contributed by atoms with E-state index in [2.05, 4.69) is 5.32 Å². The van der Waals surface area contributed by atoms with Crippen molar-refractivity contribution in [3.63, 3.8) is 0 Å². The van der Waals surface area contributed by atoms with E-state index in [0.717, 1.165) is 33.5 Å². The summed E-state index contributed by atoms with van der Waals surface area (Å²) in [6.45, 7) is 1.97. The number of aryl methyl sites for hydroxylation is 1. The van der Waals surface area contributed by atoms with E-state index in [1.54, 1.807) is 24.3 Å². The molecule has 4 aromatic rings. The summed E-state index contributed by atoms with van der Waals surface area (Å²) >= 11 is 0. The van der Waals surface area contributed by atoms with Crippen LogP contribution in [0.4, 0.5) is 5.69 Å². The van der Waals surface area contributed by atoms with Crippen LogP contribution in [0.5, 0.6) is 11.5 Å². The SMILES string of the molecule is Cc1ccccc1NC(=O)c1cccc(Cc2ccc(O)cc2)c1Cc1ccc(O)cc1.